The van der Waals surface area contributed by atoms with Crippen molar-refractivity contribution in [3.8, 4) is 30.9 Å². The summed E-state index contributed by atoms with van der Waals surface area (Å²) in [7, 11) is 0. The average Bonchev–Trinajstić information content (AvgIpc) is 3.17. The molecule has 1 amide bonds. The first kappa shape index (κ1) is 40.5. The zero-order chi connectivity index (χ0) is 28.2. The summed E-state index contributed by atoms with van der Waals surface area (Å²) >= 11 is 3.53. The van der Waals surface area contributed by atoms with Crippen molar-refractivity contribution in [3.63, 3.8) is 0 Å². The van der Waals surface area contributed by atoms with Gasteiger partial charge in [-0.25, -0.2) is 0 Å². The second-order valence-corrected chi connectivity index (χ2v) is 7.57. The molecule has 10 heteroatoms. The summed E-state index contributed by atoms with van der Waals surface area (Å²) in [4.78, 5) is 13.2. The van der Waals surface area contributed by atoms with Gasteiger partial charge in [-0.05, 0) is 54.8 Å². The number of para-hydroxylation sites is 1. The molecule has 0 bridgehead atoms. The van der Waals surface area contributed by atoms with Crippen LogP contribution in [0.4, 0.5) is 18.9 Å². The van der Waals surface area contributed by atoms with E-state index in [1.807, 2.05) is 13.8 Å². The number of phenolic OH excluding ortho intramolecular Hbond substituents is 1. The summed E-state index contributed by atoms with van der Waals surface area (Å²) in [6.45, 7) is 4.00. The van der Waals surface area contributed by atoms with Crippen LogP contribution in [0.25, 0.3) is 0 Å². The number of aromatic hydroxyl groups is 1. The molecule has 3 rings (SSSR count). The van der Waals surface area contributed by atoms with E-state index in [1.165, 1.54) is 36.4 Å². The number of carbonyl (C=O) groups excluding carboxylic acids is 1. The van der Waals surface area contributed by atoms with Gasteiger partial charge < -0.3 is 29.3 Å². The standard InChI is InChI=1S/C22H22F3N3O2.C2H6.C2H2.CH4S.CH3.Y/c1-2-3-11-20(26,27)12-13-21(14-7-9-15(29)10-8-14)16-5-4-6-17(22(23,24)25)18(16)28-19(21)30;3*1-2;;/h1,4-10,29H,3,11-13,26-27H2,(H,28,30);1-2H3;1-2H;2H,1H3;1H3;/q;;;;-1;. The topological polar surface area (TPSA) is 101 Å². The van der Waals surface area contributed by atoms with Gasteiger partial charge in [-0.3, -0.25) is 4.79 Å². The third-order valence-electron chi connectivity index (χ3n) is 5.52. The molecule has 0 spiro atoms. The number of halogens is 3. The molecule has 1 aliphatic rings. The van der Waals surface area contributed by atoms with E-state index in [-0.39, 0.29) is 70.0 Å². The second kappa shape index (κ2) is 18.3. The fourth-order valence-electron chi connectivity index (χ4n) is 3.90. The zero-order valence-electron chi connectivity index (χ0n) is 22.3. The molecule has 0 saturated heterocycles. The van der Waals surface area contributed by atoms with Crippen molar-refractivity contribution in [1.29, 1.82) is 0 Å². The molecule has 0 fully saturated rings. The molecule has 1 heterocycles. The predicted octanol–water partition coefficient (Wildman–Crippen LogP) is 5.73. The number of benzene rings is 2. The van der Waals surface area contributed by atoms with Crippen molar-refractivity contribution in [1.82, 2.24) is 0 Å². The molecular weight excluding hydrogens is 588 g/mol. The molecule has 1 atom stereocenters. The fourth-order valence-corrected chi connectivity index (χ4v) is 3.90. The number of alkyl halides is 3. The molecule has 2 aromatic carbocycles. The normalized spacial score (nSPS) is 15.1. The Morgan fingerprint density at radius 3 is 2.05 bits per heavy atom. The predicted molar refractivity (Wildman–Crippen MR) is 150 cm³/mol. The summed E-state index contributed by atoms with van der Waals surface area (Å²) in [6, 6.07) is 9.48. The summed E-state index contributed by atoms with van der Waals surface area (Å²) in [6.07, 6.45) is 11.2. The van der Waals surface area contributed by atoms with Crippen molar-refractivity contribution >= 4 is 24.2 Å². The number of fused-ring (bicyclic) bond motifs is 1. The van der Waals surface area contributed by atoms with Gasteiger partial charge in [0.25, 0.3) is 0 Å². The molecule has 38 heavy (non-hydrogen) atoms. The molecule has 1 unspecified atom stereocenters. The average molecular weight is 626 g/mol. The van der Waals surface area contributed by atoms with Crippen molar-refractivity contribution < 1.29 is 55.8 Å². The minimum Gasteiger partial charge on any atom is -0.508 e. The van der Waals surface area contributed by atoms with Crippen molar-refractivity contribution in [2.24, 2.45) is 11.5 Å². The van der Waals surface area contributed by atoms with Crippen LogP contribution >= 0.6 is 12.6 Å². The van der Waals surface area contributed by atoms with Crippen LogP contribution in [-0.4, -0.2) is 22.9 Å². The molecule has 1 radical (unpaired) electrons. The monoisotopic (exact) mass is 625 g/mol. The van der Waals surface area contributed by atoms with E-state index in [2.05, 4.69) is 36.7 Å². The molecule has 6 N–H and O–H groups in total. The number of hydrogen-bond donors (Lipinski definition) is 5. The summed E-state index contributed by atoms with van der Waals surface area (Å²) in [5, 5.41) is 12.1. The molecular formula is C28H37F3N3O2SY-. The largest absolute Gasteiger partial charge is 0.508 e. The van der Waals surface area contributed by atoms with Crippen LogP contribution in [-0.2, 0) is 49.1 Å². The number of hydrogen-bond acceptors (Lipinski definition) is 5. The third kappa shape index (κ3) is 9.63. The summed E-state index contributed by atoms with van der Waals surface area (Å²) in [5.74, 6) is 1.82. The zero-order valence-corrected chi connectivity index (χ0v) is 26.0. The van der Waals surface area contributed by atoms with Gasteiger partial charge in [0.1, 0.15) is 11.2 Å². The Hall–Kier alpha value is -2.01. The maximum Gasteiger partial charge on any atom is 0.418 e. The summed E-state index contributed by atoms with van der Waals surface area (Å²) < 4.78 is 40.6. The minimum absolute atomic E-state index is 0. The Balaban J connectivity index is -0.00000143. The van der Waals surface area contributed by atoms with Crippen molar-refractivity contribution in [3.05, 3.63) is 66.6 Å². The van der Waals surface area contributed by atoms with E-state index in [1.54, 1.807) is 6.26 Å². The van der Waals surface area contributed by atoms with Crippen molar-refractivity contribution in [2.75, 3.05) is 11.6 Å². The van der Waals surface area contributed by atoms with E-state index in [0.29, 0.717) is 18.4 Å². The molecule has 0 aliphatic carbocycles. The Kier molecular flexibility index (Phi) is 19.5. The van der Waals surface area contributed by atoms with E-state index in [4.69, 9.17) is 17.9 Å². The van der Waals surface area contributed by atoms with E-state index in [0.717, 1.165) is 6.07 Å². The molecule has 5 nitrogen and oxygen atoms in total. The van der Waals surface area contributed by atoms with E-state index < -0.39 is 28.7 Å². The maximum atomic E-state index is 13.5. The van der Waals surface area contributed by atoms with Crippen LogP contribution in [0.1, 0.15) is 56.2 Å². The van der Waals surface area contributed by atoms with Crippen molar-refractivity contribution in [2.45, 2.75) is 56.8 Å². The molecule has 1 aliphatic heterocycles. The molecule has 2 aromatic rings. The van der Waals surface area contributed by atoms with Crippen LogP contribution in [0.3, 0.4) is 0 Å². The number of anilines is 1. The number of terminal acetylenes is 2. The number of nitrogens with one attached hydrogen (secondary N) is 1. The van der Waals surface area contributed by atoms with Crippen LogP contribution < -0.4 is 16.8 Å². The van der Waals surface area contributed by atoms with Gasteiger partial charge in [0.2, 0.25) is 5.91 Å². The van der Waals surface area contributed by atoms with Crippen LogP contribution in [0.5, 0.6) is 5.75 Å². The SMILES string of the molecule is C#C.C#CCCC(N)(N)CCC1(c2ccc(O)cc2)C(=O)Nc2c(C(F)(F)F)cccc21.CC.CS.[CH3-].[Y]. The van der Waals surface area contributed by atoms with Gasteiger partial charge in [-0.1, -0.05) is 38.1 Å². The van der Waals surface area contributed by atoms with Gasteiger partial charge >= 0.3 is 6.18 Å². The van der Waals surface area contributed by atoms with Crippen LogP contribution in [0, 0.1) is 32.6 Å². The number of thiol groups is 1. The quantitative estimate of drug-likeness (QED) is 0.123. The number of rotatable bonds is 6. The summed E-state index contributed by atoms with van der Waals surface area (Å²) in [5.41, 5.74) is 9.07. The fraction of sp³-hybridized carbons (Fsp3) is 0.357. The number of nitrogens with two attached hydrogens (primary N) is 2. The first-order chi connectivity index (χ1) is 17.0. The van der Waals surface area contributed by atoms with Crippen LogP contribution in [0.2, 0.25) is 0 Å². The number of phenols is 1. The Labute approximate surface area is 256 Å². The second-order valence-electron chi connectivity index (χ2n) is 7.57. The Morgan fingerprint density at radius 2 is 1.58 bits per heavy atom. The van der Waals surface area contributed by atoms with Crippen LogP contribution in [0.15, 0.2) is 42.5 Å². The maximum absolute atomic E-state index is 13.5. The Morgan fingerprint density at radius 1 is 1.05 bits per heavy atom. The molecule has 207 valence electrons. The van der Waals surface area contributed by atoms with E-state index in [9.17, 15) is 23.1 Å². The van der Waals surface area contributed by atoms with Gasteiger partial charge in [0, 0.05) is 39.1 Å². The first-order valence-electron chi connectivity index (χ1n) is 11.1. The van der Waals surface area contributed by atoms with Gasteiger partial charge in [-0.2, -0.15) is 25.8 Å². The first-order valence-corrected chi connectivity index (χ1v) is 12.0. The third-order valence-corrected chi connectivity index (χ3v) is 5.52. The smallest absolute Gasteiger partial charge is 0.418 e. The van der Waals surface area contributed by atoms with Gasteiger partial charge in [0.05, 0.1) is 16.9 Å². The molecule has 0 aromatic heterocycles. The number of carbonyl (C=O) groups is 1. The van der Waals surface area contributed by atoms with Gasteiger partial charge in [0.15, 0.2) is 0 Å². The number of amides is 1. The minimum atomic E-state index is -4.64. The Bertz CT molecular complexity index is 1050. The van der Waals surface area contributed by atoms with Gasteiger partial charge in [-0.15, -0.1) is 25.2 Å². The molecule has 0 saturated carbocycles. The van der Waals surface area contributed by atoms with E-state index >= 15 is 0 Å².